The van der Waals surface area contributed by atoms with Gasteiger partial charge >= 0.3 is 0 Å². The predicted octanol–water partition coefficient (Wildman–Crippen LogP) is 2.65. The third-order valence-electron chi connectivity index (χ3n) is 4.37. The number of halogens is 1. The number of aryl methyl sites for hydroxylation is 1. The Morgan fingerprint density at radius 3 is 2.32 bits per heavy atom. The quantitative estimate of drug-likeness (QED) is 0.845. The first-order valence-electron chi connectivity index (χ1n) is 8.35. The maximum atomic E-state index is 12.4. The summed E-state index contributed by atoms with van der Waals surface area (Å²) in [5, 5.41) is 0.699. The van der Waals surface area contributed by atoms with E-state index in [1.807, 2.05) is 29.2 Å². The number of carbonyl (C=O) groups is 2. The molecular weight excluding hydrogens is 338 g/mol. The van der Waals surface area contributed by atoms with Crippen LogP contribution < -0.4 is 0 Å². The third-order valence-corrected chi connectivity index (χ3v) is 4.62. The molecule has 1 saturated heterocycles. The van der Waals surface area contributed by atoms with Crippen molar-refractivity contribution in [1.29, 1.82) is 0 Å². The highest BCUT2D eigenvalue weighted by Gasteiger charge is 2.24. The minimum atomic E-state index is -0.0265. The van der Waals surface area contributed by atoms with Gasteiger partial charge in [-0.3, -0.25) is 14.6 Å². The summed E-state index contributed by atoms with van der Waals surface area (Å²) in [5.41, 5.74) is 1.69. The van der Waals surface area contributed by atoms with Gasteiger partial charge in [0.1, 0.15) is 0 Å². The number of aromatic nitrogens is 1. The van der Waals surface area contributed by atoms with Crippen molar-refractivity contribution in [3.05, 3.63) is 64.9 Å². The summed E-state index contributed by atoms with van der Waals surface area (Å²) in [4.78, 5) is 32.4. The van der Waals surface area contributed by atoms with E-state index >= 15 is 0 Å². The monoisotopic (exact) mass is 357 g/mol. The van der Waals surface area contributed by atoms with Gasteiger partial charge in [-0.25, -0.2) is 0 Å². The van der Waals surface area contributed by atoms with Gasteiger partial charge in [-0.05, 0) is 36.2 Å². The summed E-state index contributed by atoms with van der Waals surface area (Å²) in [7, 11) is 0. The lowest BCUT2D eigenvalue weighted by Crippen LogP contribution is -2.50. The first-order chi connectivity index (χ1) is 12.1. The van der Waals surface area contributed by atoms with E-state index < -0.39 is 0 Å². The molecule has 0 bridgehead atoms. The molecule has 6 heteroatoms. The van der Waals surface area contributed by atoms with E-state index in [1.54, 1.807) is 29.4 Å². The molecule has 2 heterocycles. The van der Waals surface area contributed by atoms with Gasteiger partial charge in [0, 0.05) is 50.0 Å². The highest BCUT2D eigenvalue weighted by Crippen LogP contribution is 2.13. The molecule has 1 fully saturated rings. The van der Waals surface area contributed by atoms with Crippen molar-refractivity contribution in [3.63, 3.8) is 0 Å². The van der Waals surface area contributed by atoms with Crippen LogP contribution in [0.5, 0.6) is 0 Å². The molecule has 25 heavy (non-hydrogen) atoms. The summed E-state index contributed by atoms with van der Waals surface area (Å²) in [6.45, 7) is 2.26. The van der Waals surface area contributed by atoms with Crippen LogP contribution in [0.1, 0.15) is 22.3 Å². The maximum absolute atomic E-state index is 12.4. The molecule has 0 atom stereocenters. The van der Waals surface area contributed by atoms with Gasteiger partial charge in [-0.1, -0.05) is 23.7 Å². The first-order valence-corrected chi connectivity index (χ1v) is 8.73. The highest BCUT2D eigenvalue weighted by molar-refractivity contribution is 6.30. The fourth-order valence-electron chi connectivity index (χ4n) is 2.89. The highest BCUT2D eigenvalue weighted by atomic mass is 35.5. The molecule has 2 amide bonds. The zero-order valence-corrected chi connectivity index (χ0v) is 14.7. The van der Waals surface area contributed by atoms with Crippen molar-refractivity contribution in [3.8, 4) is 0 Å². The van der Waals surface area contributed by atoms with Crippen LogP contribution in [-0.4, -0.2) is 52.8 Å². The van der Waals surface area contributed by atoms with Gasteiger partial charge < -0.3 is 9.80 Å². The third kappa shape index (κ3) is 4.57. The molecule has 2 aromatic rings. The maximum Gasteiger partial charge on any atom is 0.255 e. The second-order valence-electron chi connectivity index (χ2n) is 6.04. The van der Waals surface area contributed by atoms with Crippen molar-refractivity contribution in [1.82, 2.24) is 14.8 Å². The normalized spacial score (nSPS) is 14.4. The van der Waals surface area contributed by atoms with Crippen LogP contribution in [0.15, 0.2) is 48.8 Å². The number of benzene rings is 1. The minimum absolute atomic E-state index is 0.0265. The molecule has 1 aliphatic heterocycles. The van der Waals surface area contributed by atoms with E-state index in [-0.39, 0.29) is 11.8 Å². The Hall–Kier alpha value is -2.40. The molecule has 0 saturated carbocycles. The van der Waals surface area contributed by atoms with Crippen molar-refractivity contribution in [2.75, 3.05) is 26.2 Å². The van der Waals surface area contributed by atoms with E-state index in [0.29, 0.717) is 49.6 Å². The summed E-state index contributed by atoms with van der Waals surface area (Å²) in [5.74, 6) is 0.102. The summed E-state index contributed by atoms with van der Waals surface area (Å²) < 4.78 is 0. The minimum Gasteiger partial charge on any atom is -0.339 e. The smallest absolute Gasteiger partial charge is 0.255 e. The number of nitrogens with zero attached hydrogens (tertiary/aromatic N) is 3. The van der Waals surface area contributed by atoms with Crippen LogP contribution in [0.2, 0.25) is 5.02 Å². The Kier molecular flexibility index (Phi) is 5.66. The van der Waals surface area contributed by atoms with Gasteiger partial charge in [-0.2, -0.15) is 0 Å². The SMILES string of the molecule is O=C(CCc1ccc(Cl)cc1)N1CCN(C(=O)c2cccnc2)CC1. The van der Waals surface area contributed by atoms with Gasteiger partial charge in [-0.15, -0.1) is 0 Å². The number of piperazine rings is 1. The van der Waals surface area contributed by atoms with E-state index in [1.165, 1.54) is 0 Å². The lowest BCUT2D eigenvalue weighted by atomic mass is 10.1. The molecule has 1 aromatic carbocycles. The number of rotatable bonds is 4. The van der Waals surface area contributed by atoms with Crippen molar-refractivity contribution >= 4 is 23.4 Å². The Balaban J connectivity index is 1.47. The Labute approximate surface area is 152 Å². The Bertz CT molecular complexity index is 726. The standard InChI is InChI=1S/C19H20ClN3O2/c20-17-6-3-15(4-7-17)5-8-18(24)22-10-12-23(13-11-22)19(25)16-2-1-9-21-14-16/h1-4,6-7,9,14H,5,8,10-13H2. The lowest BCUT2D eigenvalue weighted by molar-refractivity contribution is -0.132. The molecular formula is C19H20ClN3O2. The van der Waals surface area contributed by atoms with E-state index in [0.717, 1.165) is 5.56 Å². The first kappa shape index (κ1) is 17.4. The topological polar surface area (TPSA) is 53.5 Å². The lowest BCUT2D eigenvalue weighted by Gasteiger charge is -2.34. The van der Waals surface area contributed by atoms with Gasteiger partial charge in [0.15, 0.2) is 0 Å². The number of hydrogen-bond acceptors (Lipinski definition) is 3. The molecule has 130 valence electrons. The second kappa shape index (κ2) is 8.12. The number of amides is 2. The van der Waals surface area contributed by atoms with Crippen LogP contribution in [0.25, 0.3) is 0 Å². The molecule has 0 aliphatic carbocycles. The van der Waals surface area contributed by atoms with E-state index in [4.69, 9.17) is 11.6 Å². The summed E-state index contributed by atoms with van der Waals surface area (Å²) in [6, 6.07) is 11.1. The molecule has 0 N–H and O–H groups in total. The van der Waals surface area contributed by atoms with Gasteiger partial charge in [0.05, 0.1) is 5.56 Å². The van der Waals surface area contributed by atoms with E-state index in [9.17, 15) is 9.59 Å². The Morgan fingerprint density at radius 1 is 1.00 bits per heavy atom. The number of pyridine rings is 1. The Morgan fingerprint density at radius 2 is 1.68 bits per heavy atom. The van der Waals surface area contributed by atoms with Crippen LogP contribution in [0.3, 0.4) is 0 Å². The largest absolute Gasteiger partial charge is 0.339 e. The van der Waals surface area contributed by atoms with Crippen LogP contribution in [0, 0.1) is 0 Å². The summed E-state index contributed by atoms with van der Waals surface area (Å²) >= 11 is 5.87. The van der Waals surface area contributed by atoms with Gasteiger partial charge in [0.2, 0.25) is 5.91 Å². The van der Waals surface area contributed by atoms with Gasteiger partial charge in [0.25, 0.3) is 5.91 Å². The molecule has 3 rings (SSSR count). The fourth-order valence-corrected chi connectivity index (χ4v) is 3.02. The van der Waals surface area contributed by atoms with Crippen molar-refractivity contribution < 1.29 is 9.59 Å². The van der Waals surface area contributed by atoms with Crippen molar-refractivity contribution in [2.24, 2.45) is 0 Å². The summed E-state index contributed by atoms with van der Waals surface area (Å²) in [6.07, 6.45) is 4.39. The zero-order valence-electron chi connectivity index (χ0n) is 13.9. The fraction of sp³-hybridized carbons (Fsp3) is 0.316. The average molecular weight is 358 g/mol. The predicted molar refractivity (Wildman–Crippen MR) is 96.5 cm³/mol. The zero-order chi connectivity index (χ0) is 17.6. The van der Waals surface area contributed by atoms with Crippen LogP contribution in [-0.2, 0) is 11.2 Å². The van der Waals surface area contributed by atoms with Crippen LogP contribution >= 0.6 is 11.6 Å². The van der Waals surface area contributed by atoms with Crippen LogP contribution in [0.4, 0.5) is 0 Å². The average Bonchev–Trinajstić information content (AvgIpc) is 2.67. The van der Waals surface area contributed by atoms with Crippen molar-refractivity contribution in [2.45, 2.75) is 12.8 Å². The molecule has 0 radical (unpaired) electrons. The molecule has 0 spiro atoms. The molecule has 0 unspecified atom stereocenters. The molecule has 1 aliphatic rings. The second-order valence-corrected chi connectivity index (χ2v) is 6.48. The van der Waals surface area contributed by atoms with E-state index in [2.05, 4.69) is 4.98 Å². The molecule has 1 aromatic heterocycles. The number of hydrogen-bond donors (Lipinski definition) is 0. The number of carbonyl (C=O) groups excluding carboxylic acids is 2. The molecule has 5 nitrogen and oxygen atoms in total.